The molecule has 0 aromatic heterocycles. The van der Waals surface area contributed by atoms with E-state index in [-0.39, 0.29) is 12.6 Å². The number of hydrogen-bond donors (Lipinski definition) is 2. The zero-order valence-electron chi connectivity index (χ0n) is 16.0. The molecule has 150 valence electrons. The number of rotatable bonds is 4. The maximum Gasteiger partial charge on any atom is 0.319 e. The van der Waals surface area contributed by atoms with Crippen molar-refractivity contribution in [3.05, 3.63) is 76.6 Å². The SMILES string of the molecule is CCOC(=O)C1/C(=C/N2CCc3ccccc32)NC(=O)NC1c1ccc(Cl)cc1. The number of urea groups is 1. The second-order valence-corrected chi connectivity index (χ2v) is 7.45. The Kier molecular flexibility index (Phi) is 5.45. The first kappa shape index (κ1) is 19.3. The maximum absolute atomic E-state index is 12.9. The average molecular weight is 412 g/mol. The number of anilines is 1. The molecule has 1 fully saturated rings. The highest BCUT2D eigenvalue weighted by Crippen LogP contribution is 2.34. The summed E-state index contributed by atoms with van der Waals surface area (Å²) in [6.07, 6.45) is 2.77. The Balaban J connectivity index is 1.73. The van der Waals surface area contributed by atoms with Crippen molar-refractivity contribution in [2.24, 2.45) is 5.92 Å². The largest absolute Gasteiger partial charge is 0.465 e. The third kappa shape index (κ3) is 3.93. The molecule has 7 heteroatoms. The van der Waals surface area contributed by atoms with E-state index in [0.717, 1.165) is 24.2 Å². The van der Waals surface area contributed by atoms with Crippen LogP contribution in [0.2, 0.25) is 5.02 Å². The van der Waals surface area contributed by atoms with Gasteiger partial charge in [0.2, 0.25) is 0 Å². The number of benzene rings is 2. The van der Waals surface area contributed by atoms with Crippen LogP contribution in [-0.4, -0.2) is 25.2 Å². The number of esters is 1. The van der Waals surface area contributed by atoms with Crippen LogP contribution in [0.15, 0.2) is 60.4 Å². The fraction of sp³-hybridized carbons (Fsp3) is 0.273. The van der Waals surface area contributed by atoms with Crippen molar-refractivity contribution in [2.45, 2.75) is 19.4 Å². The molecule has 2 aliphatic rings. The number of amides is 2. The van der Waals surface area contributed by atoms with Gasteiger partial charge in [-0.1, -0.05) is 41.9 Å². The minimum atomic E-state index is -0.693. The summed E-state index contributed by atoms with van der Waals surface area (Å²) in [4.78, 5) is 27.4. The number of carbonyl (C=O) groups excluding carboxylic acids is 2. The Morgan fingerprint density at radius 2 is 2.00 bits per heavy atom. The van der Waals surface area contributed by atoms with Gasteiger partial charge in [0, 0.05) is 23.5 Å². The Hall–Kier alpha value is -2.99. The summed E-state index contributed by atoms with van der Waals surface area (Å²) in [5, 5.41) is 6.27. The van der Waals surface area contributed by atoms with Crippen molar-refractivity contribution in [3.8, 4) is 0 Å². The molecule has 2 aliphatic heterocycles. The molecule has 2 aromatic carbocycles. The summed E-state index contributed by atoms with van der Waals surface area (Å²) in [6.45, 7) is 2.81. The smallest absolute Gasteiger partial charge is 0.319 e. The highest BCUT2D eigenvalue weighted by molar-refractivity contribution is 6.30. The minimum absolute atomic E-state index is 0.260. The van der Waals surface area contributed by atoms with Crippen LogP contribution < -0.4 is 15.5 Å². The molecule has 0 aliphatic carbocycles. The van der Waals surface area contributed by atoms with E-state index in [1.54, 1.807) is 19.1 Å². The summed E-state index contributed by atoms with van der Waals surface area (Å²) in [5.74, 6) is -1.08. The Morgan fingerprint density at radius 3 is 2.76 bits per heavy atom. The van der Waals surface area contributed by atoms with Gasteiger partial charge in [-0.3, -0.25) is 4.79 Å². The number of para-hydroxylation sites is 1. The van der Waals surface area contributed by atoms with Crippen molar-refractivity contribution in [1.82, 2.24) is 10.6 Å². The van der Waals surface area contributed by atoms with Crippen LogP contribution in [0, 0.1) is 5.92 Å². The number of halogens is 1. The molecule has 0 spiro atoms. The molecule has 2 N–H and O–H groups in total. The Bertz CT molecular complexity index is 958. The monoisotopic (exact) mass is 411 g/mol. The number of hydrogen-bond acceptors (Lipinski definition) is 4. The highest BCUT2D eigenvalue weighted by Gasteiger charge is 2.40. The molecule has 2 aromatic rings. The third-order valence-electron chi connectivity index (χ3n) is 5.20. The third-order valence-corrected chi connectivity index (χ3v) is 5.45. The first-order chi connectivity index (χ1) is 14.1. The highest BCUT2D eigenvalue weighted by atomic mass is 35.5. The Morgan fingerprint density at radius 1 is 1.24 bits per heavy atom. The lowest BCUT2D eigenvalue weighted by atomic mass is 9.88. The fourth-order valence-corrected chi connectivity index (χ4v) is 3.99. The van der Waals surface area contributed by atoms with Crippen LogP contribution in [0.4, 0.5) is 10.5 Å². The van der Waals surface area contributed by atoms with Crippen LogP contribution in [0.25, 0.3) is 0 Å². The summed E-state index contributed by atoms with van der Waals surface area (Å²) in [5.41, 5.74) is 3.63. The quantitative estimate of drug-likeness (QED) is 0.751. The molecule has 0 bridgehead atoms. The summed E-state index contributed by atoms with van der Waals surface area (Å²) < 4.78 is 5.34. The molecule has 6 nitrogen and oxygen atoms in total. The van der Waals surface area contributed by atoms with Crippen LogP contribution in [-0.2, 0) is 16.0 Å². The lowest BCUT2D eigenvalue weighted by Gasteiger charge is -2.34. The molecule has 29 heavy (non-hydrogen) atoms. The molecule has 4 rings (SSSR count). The van der Waals surface area contributed by atoms with E-state index in [9.17, 15) is 9.59 Å². The van der Waals surface area contributed by atoms with E-state index >= 15 is 0 Å². The maximum atomic E-state index is 12.9. The van der Waals surface area contributed by atoms with Crippen LogP contribution >= 0.6 is 11.6 Å². The van der Waals surface area contributed by atoms with E-state index in [4.69, 9.17) is 16.3 Å². The standard InChI is InChI=1S/C22H22ClN3O3/c1-2-29-21(27)19-17(13-26-12-11-14-5-3-4-6-18(14)26)24-22(28)25-20(19)15-7-9-16(23)10-8-15/h3-10,13,19-20H,2,11-12H2,1H3,(H2,24,25,28)/b17-13-. The van der Waals surface area contributed by atoms with Crippen LogP contribution in [0.3, 0.4) is 0 Å². The van der Waals surface area contributed by atoms with Crippen molar-refractivity contribution in [2.75, 3.05) is 18.1 Å². The molecule has 2 atom stereocenters. The molecule has 2 unspecified atom stereocenters. The van der Waals surface area contributed by atoms with Gasteiger partial charge in [0.25, 0.3) is 0 Å². The molecule has 2 amide bonds. The van der Waals surface area contributed by atoms with Gasteiger partial charge in [-0.25, -0.2) is 4.79 Å². The predicted octanol–water partition coefficient (Wildman–Crippen LogP) is 3.78. The van der Waals surface area contributed by atoms with Gasteiger partial charge in [-0.2, -0.15) is 0 Å². The van der Waals surface area contributed by atoms with E-state index in [1.165, 1.54) is 5.56 Å². The number of carbonyl (C=O) groups is 2. The lowest BCUT2D eigenvalue weighted by Crippen LogP contribution is -2.51. The van der Waals surface area contributed by atoms with Crippen molar-refractivity contribution in [3.63, 3.8) is 0 Å². The lowest BCUT2D eigenvalue weighted by molar-refractivity contribution is -0.147. The number of ether oxygens (including phenoxy) is 1. The number of nitrogens with zero attached hydrogens (tertiary/aromatic N) is 1. The summed E-state index contributed by atoms with van der Waals surface area (Å²) in [6, 6.07) is 14.3. The molecule has 0 radical (unpaired) electrons. The minimum Gasteiger partial charge on any atom is -0.465 e. The molecular weight excluding hydrogens is 390 g/mol. The van der Waals surface area contributed by atoms with Gasteiger partial charge in [-0.15, -0.1) is 0 Å². The van der Waals surface area contributed by atoms with E-state index < -0.39 is 17.9 Å². The zero-order valence-corrected chi connectivity index (χ0v) is 16.8. The molecule has 1 saturated heterocycles. The van der Waals surface area contributed by atoms with Crippen molar-refractivity contribution >= 4 is 29.3 Å². The first-order valence-electron chi connectivity index (χ1n) is 9.62. The second-order valence-electron chi connectivity index (χ2n) is 7.01. The van der Waals surface area contributed by atoms with Gasteiger partial charge < -0.3 is 20.3 Å². The fourth-order valence-electron chi connectivity index (χ4n) is 3.87. The summed E-state index contributed by atoms with van der Waals surface area (Å²) in [7, 11) is 0. The second kappa shape index (κ2) is 8.17. The first-order valence-corrected chi connectivity index (χ1v) is 10.0. The summed E-state index contributed by atoms with van der Waals surface area (Å²) >= 11 is 6.01. The predicted molar refractivity (Wildman–Crippen MR) is 112 cm³/mol. The van der Waals surface area contributed by atoms with Crippen LogP contribution in [0.5, 0.6) is 0 Å². The number of fused-ring (bicyclic) bond motifs is 1. The van der Waals surface area contributed by atoms with Gasteiger partial charge in [0.1, 0.15) is 5.92 Å². The zero-order chi connectivity index (χ0) is 20.4. The molecule has 2 heterocycles. The van der Waals surface area contributed by atoms with E-state index in [2.05, 4.69) is 21.6 Å². The van der Waals surface area contributed by atoms with E-state index in [0.29, 0.717) is 10.7 Å². The molecular formula is C22H22ClN3O3. The Labute approximate surface area is 174 Å². The topological polar surface area (TPSA) is 70.7 Å². The van der Waals surface area contributed by atoms with Crippen molar-refractivity contribution in [1.29, 1.82) is 0 Å². The molecule has 0 saturated carbocycles. The van der Waals surface area contributed by atoms with Crippen LogP contribution in [0.1, 0.15) is 24.1 Å². The average Bonchev–Trinajstić information content (AvgIpc) is 3.11. The van der Waals surface area contributed by atoms with Gasteiger partial charge >= 0.3 is 12.0 Å². The van der Waals surface area contributed by atoms with Gasteiger partial charge in [0.05, 0.1) is 18.3 Å². The van der Waals surface area contributed by atoms with Gasteiger partial charge in [0.15, 0.2) is 0 Å². The van der Waals surface area contributed by atoms with Crippen molar-refractivity contribution < 1.29 is 14.3 Å². The van der Waals surface area contributed by atoms with Gasteiger partial charge in [-0.05, 0) is 42.7 Å². The number of nitrogens with one attached hydrogen (secondary N) is 2. The van der Waals surface area contributed by atoms with E-state index in [1.807, 2.05) is 36.5 Å². The normalized spacial score (nSPS) is 22.1.